The molecule has 1 fully saturated rings. The summed E-state index contributed by atoms with van der Waals surface area (Å²) in [5, 5.41) is 2.76. The number of hydrogen-bond acceptors (Lipinski definition) is 9. The summed E-state index contributed by atoms with van der Waals surface area (Å²) in [4.78, 5) is 47.4. The normalized spacial score (nSPS) is 24.7. The smallest absolute Gasteiger partial charge is 0.303 e. The van der Waals surface area contributed by atoms with Crippen LogP contribution in [0.3, 0.4) is 0 Å². The van der Waals surface area contributed by atoms with Crippen LogP contribution in [0.1, 0.15) is 46.5 Å². The highest BCUT2D eigenvalue weighted by atomic mass is 16.7. The van der Waals surface area contributed by atoms with Gasteiger partial charge < -0.3 is 29.0 Å². The molecule has 0 saturated carbocycles. The molecule has 0 aromatic carbocycles. The molecule has 0 aromatic heterocycles. The molecule has 1 heterocycles. The van der Waals surface area contributed by atoms with E-state index in [4.69, 9.17) is 23.7 Å². The third-order valence-corrected chi connectivity index (χ3v) is 4.44. The van der Waals surface area contributed by atoms with Gasteiger partial charge in [-0.3, -0.25) is 19.2 Å². The Morgan fingerprint density at radius 1 is 0.938 bits per heavy atom. The fourth-order valence-corrected chi connectivity index (χ4v) is 3.12. The van der Waals surface area contributed by atoms with Crippen molar-refractivity contribution in [2.45, 2.75) is 77.1 Å². The first-order valence-corrected chi connectivity index (χ1v) is 10.5. The maximum absolute atomic E-state index is 12.4. The number of rotatable bonds is 13. The van der Waals surface area contributed by atoms with Crippen LogP contribution in [0.5, 0.6) is 0 Å². The Morgan fingerprint density at radius 3 is 2.12 bits per heavy atom. The number of unbranched alkanes of at least 4 members (excludes halogenated alkanes) is 1. The molecule has 32 heavy (non-hydrogen) atoms. The van der Waals surface area contributed by atoms with E-state index in [2.05, 4.69) is 18.5 Å². The van der Waals surface area contributed by atoms with Gasteiger partial charge in [-0.05, 0) is 19.3 Å². The lowest BCUT2D eigenvalue weighted by molar-refractivity contribution is -0.277. The van der Waals surface area contributed by atoms with Crippen LogP contribution in [0.15, 0.2) is 25.3 Å². The summed E-state index contributed by atoms with van der Waals surface area (Å²) >= 11 is 0. The topological polar surface area (TPSA) is 126 Å². The monoisotopic (exact) mass is 455 g/mol. The maximum Gasteiger partial charge on any atom is 0.303 e. The Morgan fingerprint density at radius 2 is 1.56 bits per heavy atom. The van der Waals surface area contributed by atoms with Crippen molar-refractivity contribution >= 4 is 23.8 Å². The largest absolute Gasteiger partial charge is 0.463 e. The number of esters is 3. The van der Waals surface area contributed by atoms with Crippen LogP contribution < -0.4 is 5.32 Å². The Hall–Kier alpha value is -2.72. The second-order valence-corrected chi connectivity index (χ2v) is 7.22. The second kappa shape index (κ2) is 14.4. The summed E-state index contributed by atoms with van der Waals surface area (Å²) in [5.74, 6) is -2.24. The Kier molecular flexibility index (Phi) is 12.3. The van der Waals surface area contributed by atoms with Gasteiger partial charge >= 0.3 is 17.9 Å². The lowest BCUT2D eigenvalue weighted by Crippen LogP contribution is -2.66. The molecule has 0 aromatic rings. The third kappa shape index (κ3) is 9.61. The van der Waals surface area contributed by atoms with Crippen molar-refractivity contribution in [1.29, 1.82) is 0 Å². The molecule has 10 nitrogen and oxygen atoms in total. The van der Waals surface area contributed by atoms with Crippen molar-refractivity contribution in [2.24, 2.45) is 0 Å². The van der Waals surface area contributed by atoms with Crippen molar-refractivity contribution in [2.75, 3.05) is 13.2 Å². The molecule has 0 aliphatic carbocycles. The highest BCUT2D eigenvalue weighted by Crippen LogP contribution is 2.28. The Balaban J connectivity index is 3.24. The van der Waals surface area contributed by atoms with Gasteiger partial charge in [0, 0.05) is 27.2 Å². The van der Waals surface area contributed by atoms with Crippen molar-refractivity contribution in [3.8, 4) is 0 Å². The molecule has 1 amide bonds. The minimum Gasteiger partial charge on any atom is -0.463 e. The molecule has 0 unspecified atom stereocenters. The van der Waals surface area contributed by atoms with Crippen LogP contribution in [-0.4, -0.2) is 67.7 Å². The van der Waals surface area contributed by atoms with Crippen LogP contribution in [0, 0.1) is 0 Å². The predicted molar refractivity (Wildman–Crippen MR) is 113 cm³/mol. The van der Waals surface area contributed by atoms with Gasteiger partial charge in [-0.2, -0.15) is 0 Å². The van der Waals surface area contributed by atoms with E-state index in [-0.39, 0.29) is 25.5 Å². The standard InChI is InChI=1S/C22H33NO9/c1-6-8-10-12-28-22-19(23-18(27)11-9-7-2)21(31-16(5)26)20(30-15(4)25)17(32-22)13-29-14(3)24/h6-7,17,19-22H,1-2,8-13H2,3-5H3,(H,23,27)/t17-,19-,20-,21-,22-/m1/s1. The number of allylic oxidation sites excluding steroid dienone is 2. The summed E-state index contributed by atoms with van der Waals surface area (Å²) < 4.78 is 27.6. The van der Waals surface area contributed by atoms with E-state index in [1.165, 1.54) is 20.8 Å². The molecule has 0 spiro atoms. The number of amides is 1. The van der Waals surface area contributed by atoms with E-state index in [0.717, 1.165) is 0 Å². The first kappa shape index (κ1) is 27.3. The molecule has 1 N–H and O–H groups in total. The predicted octanol–water partition coefficient (Wildman–Crippen LogP) is 1.57. The zero-order valence-electron chi connectivity index (χ0n) is 18.9. The average Bonchev–Trinajstić information content (AvgIpc) is 2.71. The summed E-state index contributed by atoms with van der Waals surface area (Å²) in [5.41, 5.74) is 0. The van der Waals surface area contributed by atoms with E-state index >= 15 is 0 Å². The van der Waals surface area contributed by atoms with E-state index in [0.29, 0.717) is 19.3 Å². The van der Waals surface area contributed by atoms with Crippen LogP contribution in [0.25, 0.3) is 0 Å². The van der Waals surface area contributed by atoms with Gasteiger partial charge in [-0.15, -0.1) is 13.2 Å². The molecule has 10 heteroatoms. The van der Waals surface area contributed by atoms with Gasteiger partial charge in [0.05, 0.1) is 6.61 Å². The SMILES string of the molecule is C=CCCCO[C@@H]1O[C@H](COC(C)=O)[C@@H](OC(C)=O)[C@H](OC(C)=O)[C@H]1NC(=O)CCC=C. The fourth-order valence-electron chi connectivity index (χ4n) is 3.12. The van der Waals surface area contributed by atoms with E-state index in [1.807, 2.05) is 0 Å². The van der Waals surface area contributed by atoms with Crippen molar-refractivity contribution in [1.82, 2.24) is 5.32 Å². The molecular weight excluding hydrogens is 422 g/mol. The molecule has 1 aliphatic rings. The number of hydrogen-bond donors (Lipinski definition) is 1. The van der Waals surface area contributed by atoms with E-state index < -0.39 is 48.6 Å². The molecule has 5 atom stereocenters. The molecule has 1 saturated heterocycles. The minimum atomic E-state index is -1.14. The van der Waals surface area contributed by atoms with Crippen LogP contribution in [0.2, 0.25) is 0 Å². The first-order valence-electron chi connectivity index (χ1n) is 10.5. The Bertz CT molecular complexity index is 678. The summed E-state index contributed by atoms with van der Waals surface area (Å²) in [6, 6.07) is -0.974. The van der Waals surface area contributed by atoms with Gasteiger partial charge in [0.15, 0.2) is 18.5 Å². The van der Waals surface area contributed by atoms with Gasteiger partial charge in [0.1, 0.15) is 18.8 Å². The minimum absolute atomic E-state index is 0.144. The second-order valence-electron chi connectivity index (χ2n) is 7.22. The maximum atomic E-state index is 12.4. The third-order valence-electron chi connectivity index (χ3n) is 4.44. The molecular formula is C22H33NO9. The number of nitrogens with one attached hydrogen (secondary N) is 1. The van der Waals surface area contributed by atoms with E-state index in [1.54, 1.807) is 12.2 Å². The molecule has 1 rings (SSSR count). The highest BCUT2D eigenvalue weighted by Gasteiger charge is 2.51. The highest BCUT2D eigenvalue weighted by molar-refractivity contribution is 5.76. The summed E-state index contributed by atoms with van der Waals surface area (Å²) in [6.07, 6.45) is 0.931. The fraction of sp³-hybridized carbons (Fsp3) is 0.636. The van der Waals surface area contributed by atoms with Crippen LogP contribution >= 0.6 is 0 Å². The zero-order valence-corrected chi connectivity index (χ0v) is 18.9. The number of ether oxygens (including phenoxy) is 5. The van der Waals surface area contributed by atoms with Crippen LogP contribution in [-0.2, 0) is 42.9 Å². The zero-order chi connectivity index (χ0) is 24.1. The summed E-state index contributed by atoms with van der Waals surface area (Å²) in [7, 11) is 0. The molecule has 1 aliphatic heterocycles. The lowest BCUT2D eigenvalue weighted by Gasteiger charge is -2.45. The first-order chi connectivity index (χ1) is 15.2. The van der Waals surface area contributed by atoms with Gasteiger partial charge in [0.25, 0.3) is 0 Å². The van der Waals surface area contributed by atoms with Crippen molar-refractivity contribution in [3.63, 3.8) is 0 Å². The quantitative estimate of drug-likeness (QED) is 0.191. The number of carbonyl (C=O) groups excluding carboxylic acids is 4. The van der Waals surface area contributed by atoms with Gasteiger partial charge in [-0.1, -0.05) is 12.2 Å². The summed E-state index contributed by atoms with van der Waals surface area (Å²) in [6.45, 7) is 10.8. The van der Waals surface area contributed by atoms with Gasteiger partial charge in [-0.25, -0.2) is 0 Å². The lowest BCUT2D eigenvalue weighted by atomic mass is 9.95. The molecule has 0 radical (unpaired) electrons. The van der Waals surface area contributed by atoms with Gasteiger partial charge in [0.2, 0.25) is 5.91 Å². The molecule has 180 valence electrons. The number of carbonyl (C=O) groups is 4. The van der Waals surface area contributed by atoms with Crippen molar-refractivity contribution < 1.29 is 42.9 Å². The average molecular weight is 456 g/mol. The van der Waals surface area contributed by atoms with E-state index in [9.17, 15) is 19.2 Å². The van der Waals surface area contributed by atoms with Crippen LogP contribution in [0.4, 0.5) is 0 Å². The van der Waals surface area contributed by atoms with Crippen molar-refractivity contribution in [3.05, 3.63) is 25.3 Å². The molecule has 0 bridgehead atoms. The Labute approximate surface area is 188 Å².